The molecule has 0 aromatic rings. The minimum atomic E-state index is -0.308. The highest BCUT2D eigenvalue weighted by atomic mass is 16.2. The van der Waals surface area contributed by atoms with Crippen LogP contribution in [0.15, 0.2) is 0 Å². The summed E-state index contributed by atoms with van der Waals surface area (Å²) in [5.41, 5.74) is 6.01. The van der Waals surface area contributed by atoms with Crippen molar-refractivity contribution < 1.29 is 4.79 Å². The van der Waals surface area contributed by atoms with Crippen LogP contribution in [0.25, 0.3) is 0 Å². The van der Waals surface area contributed by atoms with Gasteiger partial charge in [-0.2, -0.15) is 0 Å². The number of hydrogen-bond donors (Lipinski definition) is 2. The van der Waals surface area contributed by atoms with Crippen LogP contribution < -0.4 is 11.1 Å². The average molecular weight is 254 g/mol. The molecule has 1 aliphatic rings. The molecular weight excluding hydrogens is 224 g/mol. The summed E-state index contributed by atoms with van der Waals surface area (Å²) in [4.78, 5) is 12.0. The summed E-state index contributed by atoms with van der Waals surface area (Å²) in [5, 5.41) is 3.04. The van der Waals surface area contributed by atoms with Crippen molar-refractivity contribution in [2.45, 2.75) is 83.7 Å². The van der Waals surface area contributed by atoms with Crippen molar-refractivity contribution in [3.8, 4) is 0 Å². The third kappa shape index (κ3) is 5.85. The third-order valence-electron chi connectivity index (χ3n) is 4.03. The summed E-state index contributed by atoms with van der Waals surface area (Å²) in [5.74, 6) is 0.717. The molecule has 3 nitrogen and oxygen atoms in total. The molecule has 3 N–H and O–H groups in total. The number of nitrogens with two attached hydrogens (primary N) is 1. The maximum atomic E-state index is 12.0. The quantitative estimate of drug-likeness (QED) is 0.734. The number of hydrogen-bond acceptors (Lipinski definition) is 2. The van der Waals surface area contributed by atoms with Crippen LogP contribution in [0.1, 0.15) is 71.6 Å². The zero-order valence-electron chi connectivity index (χ0n) is 12.1. The number of carbonyl (C=O) groups is 1. The molecule has 0 bridgehead atoms. The molecule has 0 saturated heterocycles. The van der Waals surface area contributed by atoms with Gasteiger partial charge in [0.25, 0.3) is 0 Å². The van der Waals surface area contributed by atoms with Gasteiger partial charge in [0, 0.05) is 6.04 Å². The smallest absolute Gasteiger partial charge is 0.237 e. The number of carbonyl (C=O) groups excluding carboxylic acids is 1. The van der Waals surface area contributed by atoms with Gasteiger partial charge in [-0.15, -0.1) is 0 Å². The van der Waals surface area contributed by atoms with E-state index in [0.717, 1.165) is 12.8 Å². The van der Waals surface area contributed by atoms with Gasteiger partial charge >= 0.3 is 0 Å². The summed E-state index contributed by atoms with van der Waals surface area (Å²) in [6.45, 7) is 4.24. The molecule has 0 radical (unpaired) electrons. The Morgan fingerprint density at radius 3 is 2.61 bits per heavy atom. The maximum Gasteiger partial charge on any atom is 0.237 e. The third-order valence-corrected chi connectivity index (χ3v) is 4.03. The molecule has 0 spiro atoms. The van der Waals surface area contributed by atoms with Gasteiger partial charge in [-0.05, 0) is 25.7 Å². The molecule has 1 fully saturated rings. The Morgan fingerprint density at radius 1 is 1.33 bits per heavy atom. The Kier molecular flexibility index (Phi) is 7.33. The van der Waals surface area contributed by atoms with Crippen LogP contribution in [-0.4, -0.2) is 18.0 Å². The van der Waals surface area contributed by atoms with Crippen molar-refractivity contribution in [1.29, 1.82) is 0 Å². The van der Waals surface area contributed by atoms with Crippen LogP contribution in [0.4, 0.5) is 0 Å². The number of amides is 1. The molecule has 1 rings (SSSR count). The van der Waals surface area contributed by atoms with E-state index in [0.29, 0.717) is 5.92 Å². The summed E-state index contributed by atoms with van der Waals surface area (Å²) in [7, 11) is 0. The van der Waals surface area contributed by atoms with Gasteiger partial charge in [0.15, 0.2) is 0 Å². The van der Waals surface area contributed by atoms with E-state index in [1.165, 1.54) is 44.9 Å². The fourth-order valence-corrected chi connectivity index (χ4v) is 2.82. The zero-order chi connectivity index (χ0) is 13.4. The first-order valence-corrected chi connectivity index (χ1v) is 7.69. The molecule has 1 aliphatic carbocycles. The predicted molar refractivity (Wildman–Crippen MR) is 76.3 cm³/mol. The van der Waals surface area contributed by atoms with Crippen molar-refractivity contribution in [2.24, 2.45) is 11.7 Å². The van der Waals surface area contributed by atoms with Crippen molar-refractivity contribution in [3.63, 3.8) is 0 Å². The lowest BCUT2D eigenvalue weighted by Gasteiger charge is -2.25. The van der Waals surface area contributed by atoms with Gasteiger partial charge in [-0.3, -0.25) is 4.79 Å². The Bertz CT molecular complexity index is 237. The second kappa shape index (κ2) is 8.52. The topological polar surface area (TPSA) is 55.1 Å². The fraction of sp³-hybridized carbons (Fsp3) is 0.933. The fourth-order valence-electron chi connectivity index (χ4n) is 2.82. The first kappa shape index (κ1) is 15.5. The van der Waals surface area contributed by atoms with Crippen LogP contribution in [-0.2, 0) is 4.79 Å². The lowest BCUT2D eigenvalue weighted by Crippen LogP contribution is -2.45. The Labute approximate surface area is 112 Å². The molecule has 0 aromatic carbocycles. The predicted octanol–water partition coefficient (Wildman–Crippen LogP) is 2.98. The van der Waals surface area contributed by atoms with Crippen LogP contribution in [0.5, 0.6) is 0 Å². The molecule has 1 saturated carbocycles. The average Bonchev–Trinajstić information content (AvgIpc) is 2.37. The van der Waals surface area contributed by atoms with E-state index in [2.05, 4.69) is 19.2 Å². The van der Waals surface area contributed by atoms with Gasteiger partial charge in [0.1, 0.15) is 0 Å². The van der Waals surface area contributed by atoms with E-state index in [-0.39, 0.29) is 18.0 Å². The van der Waals surface area contributed by atoms with Gasteiger partial charge in [-0.25, -0.2) is 0 Å². The minimum absolute atomic E-state index is 0.0455. The van der Waals surface area contributed by atoms with Gasteiger partial charge in [0.05, 0.1) is 6.04 Å². The number of nitrogens with one attached hydrogen (secondary N) is 1. The van der Waals surface area contributed by atoms with Crippen LogP contribution in [0.3, 0.4) is 0 Å². The Balaban J connectivity index is 2.22. The SMILES string of the molecule is CCCCC(C)NC(=O)C(N)CC1CCCCC1. The van der Waals surface area contributed by atoms with E-state index in [1.807, 2.05) is 0 Å². The van der Waals surface area contributed by atoms with Crippen molar-refractivity contribution in [2.75, 3.05) is 0 Å². The van der Waals surface area contributed by atoms with Crippen molar-refractivity contribution >= 4 is 5.91 Å². The summed E-state index contributed by atoms with van der Waals surface area (Å²) < 4.78 is 0. The number of unbranched alkanes of at least 4 members (excludes halogenated alkanes) is 1. The van der Waals surface area contributed by atoms with Gasteiger partial charge < -0.3 is 11.1 Å². The monoisotopic (exact) mass is 254 g/mol. The van der Waals surface area contributed by atoms with Gasteiger partial charge in [-0.1, -0.05) is 51.9 Å². The maximum absolute atomic E-state index is 12.0. The summed E-state index contributed by atoms with van der Waals surface area (Å²) >= 11 is 0. The second-order valence-corrected chi connectivity index (χ2v) is 5.90. The second-order valence-electron chi connectivity index (χ2n) is 5.90. The molecule has 3 heteroatoms. The Hall–Kier alpha value is -0.570. The lowest BCUT2D eigenvalue weighted by atomic mass is 9.85. The highest BCUT2D eigenvalue weighted by molar-refractivity contribution is 5.81. The molecule has 106 valence electrons. The molecule has 0 aromatic heterocycles. The lowest BCUT2D eigenvalue weighted by molar-refractivity contribution is -0.123. The first-order chi connectivity index (χ1) is 8.63. The first-order valence-electron chi connectivity index (χ1n) is 7.69. The van der Waals surface area contributed by atoms with Crippen molar-refractivity contribution in [3.05, 3.63) is 0 Å². The molecular formula is C15H30N2O. The highest BCUT2D eigenvalue weighted by Crippen LogP contribution is 2.26. The van der Waals surface area contributed by atoms with E-state index in [9.17, 15) is 4.79 Å². The number of rotatable bonds is 7. The summed E-state index contributed by atoms with van der Waals surface area (Å²) in [6, 6.07) is -0.0490. The van der Waals surface area contributed by atoms with E-state index >= 15 is 0 Å². The summed E-state index contributed by atoms with van der Waals surface area (Å²) in [6.07, 6.45) is 10.8. The van der Waals surface area contributed by atoms with Gasteiger partial charge in [0.2, 0.25) is 5.91 Å². The van der Waals surface area contributed by atoms with E-state index in [4.69, 9.17) is 5.73 Å². The normalized spacial score (nSPS) is 20.4. The van der Waals surface area contributed by atoms with E-state index in [1.54, 1.807) is 0 Å². The largest absolute Gasteiger partial charge is 0.352 e. The molecule has 0 heterocycles. The molecule has 1 amide bonds. The van der Waals surface area contributed by atoms with Crippen molar-refractivity contribution in [1.82, 2.24) is 5.32 Å². The Morgan fingerprint density at radius 2 is 2.00 bits per heavy atom. The minimum Gasteiger partial charge on any atom is -0.352 e. The highest BCUT2D eigenvalue weighted by Gasteiger charge is 2.21. The molecule has 0 aliphatic heterocycles. The van der Waals surface area contributed by atoms with Crippen LogP contribution in [0.2, 0.25) is 0 Å². The van der Waals surface area contributed by atoms with Crippen LogP contribution in [0, 0.1) is 5.92 Å². The van der Waals surface area contributed by atoms with E-state index < -0.39 is 0 Å². The van der Waals surface area contributed by atoms with Crippen LogP contribution >= 0.6 is 0 Å². The molecule has 18 heavy (non-hydrogen) atoms. The standard InChI is InChI=1S/C15H30N2O/c1-3-4-8-12(2)17-15(18)14(16)11-13-9-6-5-7-10-13/h12-14H,3-11,16H2,1-2H3,(H,17,18). The zero-order valence-corrected chi connectivity index (χ0v) is 12.1. The molecule has 2 unspecified atom stereocenters. The molecule has 2 atom stereocenters.